The monoisotopic (exact) mass is 330 g/mol. The molecule has 1 saturated heterocycles. The van der Waals surface area contributed by atoms with Gasteiger partial charge in [0.2, 0.25) is 5.91 Å². The van der Waals surface area contributed by atoms with Crippen LogP contribution in [-0.4, -0.2) is 24.2 Å². The number of fused-ring (bicyclic) bond motifs is 1. The molecule has 1 saturated carbocycles. The predicted molar refractivity (Wildman–Crippen MR) is 95.6 cm³/mol. The highest BCUT2D eigenvalue weighted by Crippen LogP contribution is 2.57. The summed E-state index contributed by atoms with van der Waals surface area (Å²) in [6, 6.07) is 6.27. The van der Waals surface area contributed by atoms with E-state index in [4.69, 9.17) is 10.5 Å². The third-order valence-electron chi connectivity index (χ3n) is 6.30. The molecule has 1 aromatic carbocycles. The highest BCUT2D eigenvalue weighted by Gasteiger charge is 2.70. The molecule has 24 heavy (non-hydrogen) atoms. The van der Waals surface area contributed by atoms with Crippen LogP contribution in [0, 0.1) is 25.2 Å². The zero-order valence-electron chi connectivity index (χ0n) is 15.5. The van der Waals surface area contributed by atoms with Gasteiger partial charge in [0.25, 0.3) is 0 Å². The average Bonchev–Trinajstić information content (AvgIpc) is 2.53. The van der Waals surface area contributed by atoms with Gasteiger partial charge in [-0.1, -0.05) is 37.6 Å². The largest absolute Gasteiger partial charge is 0.377 e. The van der Waals surface area contributed by atoms with Crippen LogP contribution in [0.4, 0.5) is 0 Å². The van der Waals surface area contributed by atoms with Crippen LogP contribution in [-0.2, 0) is 9.53 Å². The van der Waals surface area contributed by atoms with Crippen molar-refractivity contribution in [1.29, 1.82) is 0 Å². The van der Waals surface area contributed by atoms with E-state index in [0.717, 1.165) is 25.0 Å². The molecule has 1 aliphatic heterocycles. The second-order valence-corrected chi connectivity index (χ2v) is 8.19. The maximum atomic E-state index is 13.1. The Morgan fingerprint density at radius 3 is 2.75 bits per heavy atom. The summed E-state index contributed by atoms with van der Waals surface area (Å²) in [4.78, 5) is 13.1. The number of nitrogens with two attached hydrogens (primary N) is 1. The third-order valence-corrected chi connectivity index (χ3v) is 6.30. The first kappa shape index (κ1) is 17.4. The quantitative estimate of drug-likeness (QED) is 0.895. The lowest BCUT2D eigenvalue weighted by Gasteiger charge is -2.65. The lowest BCUT2D eigenvalue weighted by atomic mass is 9.46. The van der Waals surface area contributed by atoms with Gasteiger partial charge in [0, 0.05) is 17.9 Å². The molecule has 0 radical (unpaired) electrons. The highest BCUT2D eigenvalue weighted by atomic mass is 16.5. The molecular weight excluding hydrogens is 300 g/mol. The first-order valence-corrected chi connectivity index (χ1v) is 8.98. The molecule has 0 bridgehead atoms. The number of ether oxygens (including phenoxy) is 1. The Morgan fingerprint density at radius 2 is 2.08 bits per heavy atom. The van der Waals surface area contributed by atoms with E-state index in [1.165, 1.54) is 11.1 Å². The molecule has 1 amide bonds. The summed E-state index contributed by atoms with van der Waals surface area (Å²) in [6.45, 7) is 11.1. The molecule has 1 aliphatic carbocycles. The summed E-state index contributed by atoms with van der Waals surface area (Å²) in [5.41, 5.74) is 9.04. The summed E-state index contributed by atoms with van der Waals surface area (Å²) in [5, 5.41) is 3.17. The Kier molecular flexibility index (Phi) is 4.25. The number of carbonyl (C=O) groups is 1. The lowest BCUT2D eigenvalue weighted by Crippen LogP contribution is -2.82. The van der Waals surface area contributed by atoms with E-state index in [1.54, 1.807) is 0 Å². The third kappa shape index (κ3) is 2.39. The topological polar surface area (TPSA) is 64.4 Å². The molecular formula is C20H30N2O2. The van der Waals surface area contributed by atoms with Gasteiger partial charge in [0.15, 0.2) is 0 Å². The Morgan fingerprint density at radius 1 is 1.38 bits per heavy atom. The second kappa shape index (κ2) is 5.85. The molecule has 4 heteroatoms. The SMILES string of the molecule is Cc1ccc(C(C)NC(=O)C2(N)C3CCCOC3C2(C)C)c(C)c1. The van der Waals surface area contributed by atoms with Crippen molar-refractivity contribution in [3.63, 3.8) is 0 Å². The number of benzene rings is 1. The Labute approximate surface area is 145 Å². The average molecular weight is 330 g/mol. The van der Waals surface area contributed by atoms with Crippen LogP contribution < -0.4 is 11.1 Å². The molecule has 4 atom stereocenters. The summed E-state index contributed by atoms with van der Waals surface area (Å²) in [6.07, 6.45) is 2.05. The fourth-order valence-electron chi connectivity index (χ4n) is 4.74. The first-order valence-electron chi connectivity index (χ1n) is 8.98. The van der Waals surface area contributed by atoms with Crippen molar-refractivity contribution in [1.82, 2.24) is 5.32 Å². The van der Waals surface area contributed by atoms with Gasteiger partial charge in [-0.05, 0) is 44.7 Å². The highest BCUT2D eigenvalue weighted by molar-refractivity contribution is 5.89. The lowest BCUT2D eigenvalue weighted by molar-refractivity contribution is -0.225. The van der Waals surface area contributed by atoms with Gasteiger partial charge in [-0.25, -0.2) is 0 Å². The molecule has 0 spiro atoms. The van der Waals surface area contributed by atoms with Crippen molar-refractivity contribution >= 4 is 5.91 Å². The standard InChI is InChI=1S/C20H30N2O2/c1-12-8-9-15(13(2)11-12)14(3)22-18(23)20(21)16-7-6-10-24-17(16)19(20,4)5/h8-9,11,14,16-17H,6-7,10,21H2,1-5H3,(H,22,23). The fraction of sp³-hybridized carbons (Fsp3) is 0.650. The predicted octanol–water partition coefficient (Wildman–Crippen LogP) is 3.01. The summed E-state index contributed by atoms with van der Waals surface area (Å²) in [5.74, 6) is 0.0688. The van der Waals surface area contributed by atoms with Gasteiger partial charge in [0.1, 0.15) is 5.54 Å². The molecule has 1 aromatic rings. The number of aryl methyl sites for hydroxylation is 2. The van der Waals surface area contributed by atoms with E-state index in [1.807, 2.05) is 6.92 Å². The Balaban J connectivity index is 1.79. The van der Waals surface area contributed by atoms with Crippen LogP contribution in [0.2, 0.25) is 0 Å². The molecule has 3 N–H and O–H groups in total. The minimum Gasteiger partial charge on any atom is -0.377 e. The van der Waals surface area contributed by atoms with E-state index in [0.29, 0.717) is 0 Å². The molecule has 3 rings (SSSR count). The summed E-state index contributed by atoms with van der Waals surface area (Å²) < 4.78 is 5.90. The van der Waals surface area contributed by atoms with Crippen LogP contribution in [0.15, 0.2) is 18.2 Å². The minimum atomic E-state index is -0.856. The first-order chi connectivity index (χ1) is 11.2. The van der Waals surface area contributed by atoms with Crippen LogP contribution in [0.5, 0.6) is 0 Å². The van der Waals surface area contributed by atoms with Crippen molar-refractivity contribution in [3.8, 4) is 0 Å². The molecule has 2 fully saturated rings. The maximum Gasteiger partial charge on any atom is 0.241 e. The van der Waals surface area contributed by atoms with Crippen LogP contribution in [0.25, 0.3) is 0 Å². The number of hydrogen-bond acceptors (Lipinski definition) is 3. The van der Waals surface area contributed by atoms with Gasteiger partial charge in [0.05, 0.1) is 12.1 Å². The fourth-order valence-corrected chi connectivity index (χ4v) is 4.74. The van der Waals surface area contributed by atoms with E-state index in [9.17, 15) is 4.79 Å². The zero-order valence-corrected chi connectivity index (χ0v) is 15.5. The van der Waals surface area contributed by atoms with Crippen LogP contribution in [0.3, 0.4) is 0 Å². The van der Waals surface area contributed by atoms with Gasteiger partial charge < -0.3 is 15.8 Å². The number of rotatable bonds is 3. The van der Waals surface area contributed by atoms with Gasteiger partial charge >= 0.3 is 0 Å². The number of amides is 1. The number of carbonyl (C=O) groups excluding carboxylic acids is 1. The zero-order chi connectivity index (χ0) is 17.7. The molecule has 0 aromatic heterocycles. The van der Waals surface area contributed by atoms with Crippen LogP contribution >= 0.6 is 0 Å². The van der Waals surface area contributed by atoms with E-state index in [2.05, 4.69) is 51.2 Å². The molecule has 2 aliphatic rings. The van der Waals surface area contributed by atoms with Crippen LogP contribution in [0.1, 0.15) is 56.3 Å². The van der Waals surface area contributed by atoms with E-state index < -0.39 is 5.54 Å². The van der Waals surface area contributed by atoms with Crippen molar-refractivity contribution < 1.29 is 9.53 Å². The normalized spacial score (nSPS) is 32.4. The molecule has 4 unspecified atom stereocenters. The van der Waals surface area contributed by atoms with Crippen molar-refractivity contribution in [2.45, 2.75) is 65.1 Å². The van der Waals surface area contributed by atoms with Gasteiger partial charge in [-0.15, -0.1) is 0 Å². The van der Waals surface area contributed by atoms with E-state index >= 15 is 0 Å². The molecule has 132 valence electrons. The minimum absolute atomic E-state index is 0.0493. The Bertz CT molecular complexity index is 655. The van der Waals surface area contributed by atoms with Crippen molar-refractivity contribution in [2.75, 3.05) is 6.61 Å². The number of nitrogens with one attached hydrogen (secondary N) is 1. The van der Waals surface area contributed by atoms with E-state index in [-0.39, 0.29) is 29.4 Å². The smallest absolute Gasteiger partial charge is 0.241 e. The molecule has 4 nitrogen and oxygen atoms in total. The van der Waals surface area contributed by atoms with Crippen molar-refractivity contribution in [3.05, 3.63) is 34.9 Å². The van der Waals surface area contributed by atoms with Gasteiger partial charge in [-0.2, -0.15) is 0 Å². The number of hydrogen-bond donors (Lipinski definition) is 2. The van der Waals surface area contributed by atoms with Crippen molar-refractivity contribution in [2.24, 2.45) is 17.1 Å². The molecule has 1 heterocycles. The van der Waals surface area contributed by atoms with Gasteiger partial charge in [-0.3, -0.25) is 4.79 Å². The summed E-state index contributed by atoms with van der Waals surface area (Å²) >= 11 is 0. The maximum absolute atomic E-state index is 13.1. The Hall–Kier alpha value is -1.39. The second-order valence-electron chi connectivity index (χ2n) is 8.19. The summed E-state index contributed by atoms with van der Waals surface area (Å²) in [7, 11) is 0.